The first-order valence-electron chi connectivity index (χ1n) is 9.94. The average Bonchev–Trinajstić information content (AvgIpc) is 2.83. The van der Waals surface area contributed by atoms with E-state index in [0.29, 0.717) is 33.6 Å². The smallest absolute Gasteiger partial charge is 0.338 e. The summed E-state index contributed by atoms with van der Waals surface area (Å²) in [7, 11) is 0. The Morgan fingerprint density at radius 1 is 0.812 bits per heavy atom. The zero-order chi connectivity index (χ0) is 22.9. The van der Waals surface area contributed by atoms with Gasteiger partial charge in [-0.1, -0.05) is 79.4 Å². The number of nitrogens with zero attached hydrogens (tertiary/aromatic N) is 1. The Labute approximate surface area is 187 Å². The zero-order valence-corrected chi connectivity index (χ0v) is 17.6. The van der Waals surface area contributed by atoms with E-state index in [1.54, 1.807) is 61.5 Å². The first kappa shape index (κ1) is 22.2. The molecule has 0 aliphatic heterocycles. The molecule has 3 aromatic carbocycles. The Hall–Kier alpha value is -4.49. The molecule has 0 unspecified atom stereocenters. The summed E-state index contributed by atoms with van der Waals surface area (Å²) in [6.45, 7) is 5.14. The molecule has 4 nitrogen and oxygen atoms in total. The van der Waals surface area contributed by atoms with E-state index in [9.17, 15) is 14.9 Å². The normalized spacial score (nSPS) is 11.4. The van der Waals surface area contributed by atoms with Crippen LogP contribution < -0.4 is 4.74 Å². The Bertz CT molecular complexity index is 1230. The third kappa shape index (κ3) is 5.78. The van der Waals surface area contributed by atoms with Gasteiger partial charge >= 0.3 is 5.97 Å². The summed E-state index contributed by atoms with van der Waals surface area (Å²) < 4.78 is 5.24. The maximum Gasteiger partial charge on any atom is 0.338 e. The molecule has 0 aliphatic rings. The molecule has 0 aliphatic carbocycles. The Morgan fingerprint density at radius 2 is 1.38 bits per heavy atom. The summed E-state index contributed by atoms with van der Waals surface area (Å²) in [6, 6.07) is 27.1. The van der Waals surface area contributed by atoms with Crippen LogP contribution in [0.1, 0.15) is 28.4 Å². The Balaban J connectivity index is 2.03. The van der Waals surface area contributed by atoms with Crippen molar-refractivity contribution in [3.63, 3.8) is 0 Å². The lowest BCUT2D eigenvalue weighted by Gasteiger charge is -2.08. The molecule has 0 N–H and O–H groups in total. The lowest BCUT2D eigenvalue weighted by molar-refractivity contribution is -0.130. The molecule has 4 heteroatoms. The highest BCUT2D eigenvalue weighted by Crippen LogP contribution is 2.25. The fourth-order valence-electron chi connectivity index (χ4n) is 2.90. The summed E-state index contributed by atoms with van der Waals surface area (Å²) in [5.74, 6) is -0.327. The molecule has 0 saturated carbocycles. The van der Waals surface area contributed by atoms with Crippen molar-refractivity contribution in [1.82, 2.24) is 0 Å². The summed E-state index contributed by atoms with van der Waals surface area (Å²) in [5.41, 5.74) is 3.29. The molecule has 0 bridgehead atoms. The molecule has 0 heterocycles. The fourth-order valence-corrected chi connectivity index (χ4v) is 2.90. The third-order valence-corrected chi connectivity index (χ3v) is 4.60. The van der Waals surface area contributed by atoms with Gasteiger partial charge in [0.25, 0.3) is 0 Å². The second kappa shape index (κ2) is 10.5. The van der Waals surface area contributed by atoms with Crippen molar-refractivity contribution in [3.05, 3.63) is 126 Å². The van der Waals surface area contributed by atoms with Crippen molar-refractivity contribution in [3.8, 4) is 11.8 Å². The van der Waals surface area contributed by atoms with E-state index in [-0.39, 0.29) is 5.78 Å². The van der Waals surface area contributed by atoms with Gasteiger partial charge in [0.15, 0.2) is 5.78 Å². The number of hydrogen-bond donors (Lipinski definition) is 0. The molecule has 32 heavy (non-hydrogen) atoms. The van der Waals surface area contributed by atoms with Crippen molar-refractivity contribution in [2.75, 3.05) is 0 Å². The third-order valence-electron chi connectivity index (χ3n) is 4.60. The van der Waals surface area contributed by atoms with Gasteiger partial charge in [-0.15, -0.1) is 0 Å². The number of nitriles is 1. The van der Waals surface area contributed by atoms with Gasteiger partial charge in [-0.2, -0.15) is 5.26 Å². The molecule has 0 spiro atoms. The number of ether oxygens (including phenoxy) is 1. The molecule has 3 aromatic rings. The highest BCUT2D eigenvalue weighted by molar-refractivity contribution is 6.10. The van der Waals surface area contributed by atoms with Crippen LogP contribution in [-0.4, -0.2) is 11.8 Å². The van der Waals surface area contributed by atoms with E-state index in [4.69, 9.17) is 4.74 Å². The van der Waals surface area contributed by atoms with Crippen molar-refractivity contribution in [2.24, 2.45) is 0 Å². The van der Waals surface area contributed by atoms with E-state index in [1.807, 2.05) is 36.4 Å². The van der Waals surface area contributed by atoms with Gasteiger partial charge in [0, 0.05) is 11.1 Å². The van der Waals surface area contributed by atoms with Crippen LogP contribution in [-0.2, 0) is 4.79 Å². The molecule has 156 valence electrons. The number of hydrogen-bond acceptors (Lipinski definition) is 4. The second-order valence-corrected chi connectivity index (χ2v) is 7.06. The molecule has 0 radical (unpaired) electrons. The standard InChI is InChI=1S/C28H21NO3/c1-20(2)28(31)32-26-15-13-22(14-16-26)24(18-27(30)23-11-7-4-8-12-23)17-25(19-29)21-9-5-3-6-10-21/h3-18H,1H2,2H3/b24-18+,25-17+. The van der Waals surface area contributed by atoms with Gasteiger partial charge in [-0.3, -0.25) is 4.79 Å². The van der Waals surface area contributed by atoms with Crippen LogP contribution in [0.2, 0.25) is 0 Å². The van der Waals surface area contributed by atoms with Crippen LogP contribution in [0.4, 0.5) is 0 Å². The van der Waals surface area contributed by atoms with E-state index in [2.05, 4.69) is 12.6 Å². The summed E-state index contributed by atoms with van der Waals surface area (Å²) >= 11 is 0. The van der Waals surface area contributed by atoms with Gasteiger partial charge in [-0.05, 0) is 47.9 Å². The number of esters is 1. The predicted octanol–water partition coefficient (Wildman–Crippen LogP) is 6.04. The SMILES string of the molecule is C=C(C)C(=O)Oc1ccc(C(/C=C(\C#N)c2ccccc2)=C/C(=O)c2ccccc2)cc1. The molecule has 3 rings (SSSR count). The van der Waals surface area contributed by atoms with E-state index in [1.165, 1.54) is 6.08 Å². The van der Waals surface area contributed by atoms with Gasteiger partial charge in [-0.25, -0.2) is 4.79 Å². The highest BCUT2D eigenvalue weighted by atomic mass is 16.5. The van der Waals surface area contributed by atoms with Crippen molar-refractivity contribution in [1.29, 1.82) is 5.26 Å². The summed E-state index contributed by atoms with van der Waals surface area (Å²) in [5, 5.41) is 9.73. The first-order chi connectivity index (χ1) is 15.5. The molecule has 0 aromatic heterocycles. The second-order valence-electron chi connectivity index (χ2n) is 7.06. The molecule has 0 amide bonds. The number of carbonyl (C=O) groups excluding carboxylic acids is 2. The number of rotatable bonds is 7. The maximum absolute atomic E-state index is 12.9. The van der Waals surface area contributed by atoms with Crippen LogP contribution in [0.5, 0.6) is 5.75 Å². The zero-order valence-electron chi connectivity index (χ0n) is 17.6. The van der Waals surface area contributed by atoms with Crippen molar-refractivity contribution >= 4 is 22.9 Å². The van der Waals surface area contributed by atoms with Crippen LogP contribution in [0, 0.1) is 11.3 Å². The first-order valence-corrected chi connectivity index (χ1v) is 9.94. The van der Waals surface area contributed by atoms with E-state index < -0.39 is 5.97 Å². The summed E-state index contributed by atoms with van der Waals surface area (Å²) in [4.78, 5) is 24.6. The number of ketones is 1. The minimum absolute atomic E-state index is 0.181. The minimum atomic E-state index is -0.511. The van der Waals surface area contributed by atoms with Crippen LogP contribution in [0.25, 0.3) is 11.1 Å². The number of benzene rings is 3. The van der Waals surface area contributed by atoms with Crippen LogP contribution >= 0.6 is 0 Å². The quantitative estimate of drug-likeness (QED) is 0.117. The maximum atomic E-state index is 12.9. The molecule has 0 fully saturated rings. The van der Waals surface area contributed by atoms with Gasteiger partial charge < -0.3 is 4.74 Å². The topological polar surface area (TPSA) is 67.2 Å². The van der Waals surface area contributed by atoms with Gasteiger partial charge in [0.05, 0.1) is 11.6 Å². The van der Waals surface area contributed by atoms with E-state index >= 15 is 0 Å². The molecule has 0 saturated heterocycles. The summed E-state index contributed by atoms with van der Waals surface area (Å²) in [6.07, 6.45) is 3.19. The Kier molecular flexibility index (Phi) is 7.29. The van der Waals surface area contributed by atoms with Gasteiger partial charge in [0.1, 0.15) is 5.75 Å². The number of allylic oxidation sites excluding steroid dienone is 4. The average molecular weight is 419 g/mol. The van der Waals surface area contributed by atoms with Crippen molar-refractivity contribution in [2.45, 2.75) is 6.92 Å². The van der Waals surface area contributed by atoms with E-state index in [0.717, 1.165) is 5.56 Å². The number of carbonyl (C=O) groups is 2. The minimum Gasteiger partial charge on any atom is -0.423 e. The van der Waals surface area contributed by atoms with Crippen molar-refractivity contribution < 1.29 is 14.3 Å². The molecular formula is C28H21NO3. The lowest BCUT2D eigenvalue weighted by Crippen LogP contribution is -2.08. The van der Waals surface area contributed by atoms with Crippen LogP contribution in [0.15, 0.2) is 109 Å². The molecular weight excluding hydrogens is 398 g/mol. The van der Waals surface area contributed by atoms with Crippen LogP contribution in [0.3, 0.4) is 0 Å². The fraction of sp³-hybridized carbons (Fsp3) is 0.0357. The largest absolute Gasteiger partial charge is 0.423 e. The monoisotopic (exact) mass is 419 g/mol. The highest BCUT2D eigenvalue weighted by Gasteiger charge is 2.10. The molecule has 0 atom stereocenters. The van der Waals surface area contributed by atoms with Gasteiger partial charge in [0.2, 0.25) is 0 Å². The lowest BCUT2D eigenvalue weighted by atomic mass is 9.97. The Morgan fingerprint density at radius 3 is 1.91 bits per heavy atom. The predicted molar refractivity (Wildman–Crippen MR) is 126 cm³/mol.